The maximum Gasteiger partial charge on any atom is 0.264 e. The van der Waals surface area contributed by atoms with Crippen molar-refractivity contribution < 1.29 is 18.3 Å². The molecule has 1 fully saturated rings. The molecule has 3 aromatic rings. The molecule has 3 aromatic carbocycles. The summed E-state index contributed by atoms with van der Waals surface area (Å²) < 4.78 is 33.0. The van der Waals surface area contributed by atoms with Crippen LogP contribution in [0.25, 0.3) is 6.08 Å². The van der Waals surface area contributed by atoms with E-state index in [4.69, 9.17) is 4.74 Å². The van der Waals surface area contributed by atoms with E-state index in [0.29, 0.717) is 21.5 Å². The minimum atomic E-state index is -0.342. The minimum Gasteiger partial charge on any atom is -0.488 e. The minimum absolute atomic E-state index is 0.243. The van der Waals surface area contributed by atoms with Crippen LogP contribution in [-0.2, 0) is 11.4 Å². The first-order chi connectivity index (χ1) is 15.0. The molecule has 1 saturated heterocycles. The first-order valence-corrected chi connectivity index (χ1v) is 11.1. The van der Waals surface area contributed by atoms with Gasteiger partial charge in [-0.15, -0.1) is 0 Å². The molecule has 0 unspecified atom stereocenters. The number of rotatable bonds is 5. The van der Waals surface area contributed by atoms with E-state index in [1.807, 2.05) is 18.2 Å². The molecule has 156 valence electrons. The van der Waals surface area contributed by atoms with Crippen LogP contribution in [0.4, 0.5) is 14.5 Å². The Morgan fingerprint density at radius 3 is 2.58 bits per heavy atom. The first kappa shape index (κ1) is 21.5. The van der Waals surface area contributed by atoms with Gasteiger partial charge in [0.1, 0.15) is 24.0 Å². The highest BCUT2D eigenvalue weighted by atomic mass is 127. The summed E-state index contributed by atoms with van der Waals surface area (Å²) in [7, 11) is 0. The monoisotopic (exact) mass is 548 g/mol. The molecule has 0 spiro atoms. The Kier molecular flexibility index (Phi) is 6.67. The molecule has 1 aliphatic rings. The Balaban J connectivity index is 1.45. The second kappa shape index (κ2) is 9.61. The number of aliphatic imine (C=N–C) groups is 1. The van der Waals surface area contributed by atoms with Crippen LogP contribution < -0.4 is 10.1 Å². The Morgan fingerprint density at radius 2 is 1.84 bits per heavy atom. The molecule has 0 atom stereocenters. The summed E-state index contributed by atoms with van der Waals surface area (Å²) >= 11 is 3.38. The Morgan fingerprint density at radius 1 is 1.03 bits per heavy atom. The summed E-state index contributed by atoms with van der Waals surface area (Å²) in [5, 5.41) is 3.15. The maximum absolute atomic E-state index is 13.3. The van der Waals surface area contributed by atoms with Crippen molar-refractivity contribution in [1.29, 1.82) is 0 Å². The molecule has 4 nitrogen and oxygen atoms in total. The molecule has 1 heterocycles. The van der Waals surface area contributed by atoms with Crippen LogP contribution in [0.2, 0.25) is 0 Å². The number of nitrogens with one attached hydrogen (secondary N) is 1. The summed E-state index contributed by atoms with van der Waals surface area (Å²) in [5.41, 5.74) is 2.14. The lowest BCUT2D eigenvalue weighted by Crippen LogP contribution is -2.19. The van der Waals surface area contributed by atoms with E-state index < -0.39 is 0 Å². The number of ether oxygens (including phenoxy) is 1. The predicted molar refractivity (Wildman–Crippen MR) is 127 cm³/mol. The Hall–Kier alpha value is -2.72. The fourth-order valence-electron chi connectivity index (χ4n) is 2.78. The topological polar surface area (TPSA) is 50.7 Å². The maximum atomic E-state index is 13.3. The zero-order valence-corrected chi connectivity index (χ0v) is 18.9. The summed E-state index contributed by atoms with van der Waals surface area (Å²) in [6.07, 6.45) is 1.77. The second-order valence-electron chi connectivity index (χ2n) is 6.57. The SMILES string of the molecule is O=C1NC(=Nc2ccc(F)cc2)S/C1=C/c1ccc(OCc2cccc(F)c2)c(I)c1. The number of hydrogen-bond donors (Lipinski definition) is 1. The molecular weight excluding hydrogens is 533 g/mol. The highest BCUT2D eigenvalue weighted by Crippen LogP contribution is 2.30. The molecule has 1 N–H and O–H groups in total. The van der Waals surface area contributed by atoms with Crippen LogP contribution in [0.1, 0.15) is 11.1 Å². The lowest BCUT2D eigenvalue weighted by Gasteiger charge is -2.09. The number of nitrogens with zero attached hydrogens (tertiary/aromatic N) is 1. The molecule has 0 saturated carbocycles. The van der Waals surface area contributed by atoms with Crippen molar-refractivity contribution >= 4 is 57.2 Å². The predicted octanol–water partition coefficient (Wildman–Crippen LogP) is 6.04. The standard InChI is InChI=1S/C23H15F2IN2O2S/c24-16-5-7-18(8-6-16)27-23-28-22(29)21(31-23)12-14-4-9-20(19(26)11-14)30-13-15-2-1-3-17(25)10-15/h1-12H,13H2,(H,27,28,29)/b21-12+. The third-order valence-electron chi connectivity index (χ3n) is 4.25. The summed E-state index contributed by atoms with van der Waals surface area (Å²) in [4.78, 5) is 17.1. The largest absolute Gasteiger partial charge is 0.488 e. The number of amides is 1. The van der Waals surface area contributed by atoms with Crippen LogP contribution in [0.15, 0.2) is 76.6 Å². The van der Waals surface area contributed by atoms with Crippen LogP contribution in [-0.4, -0.2) is 11.1 Å². The molecule has 0 radical (unpaired) electrons. The molecule has 8 heteroatoms. The molecular formula is C23H15F2IN2O2S. The van der Waals surface area contributed by atoms with Crippen LogP contribution >= 0.6 is 34.4 Å². The zero-order chi connectivity index (χ0) is 21.8. The van der Waals surface area contributed by atoms with Gasteiger partial charge in [-0.3, -0.25) is 4.79 Å². The van der Waals surface area contributed by atoms with Crippen molar-refractivity contribution in [2.75, 3.05) is 0 Å². The molecule has 1 amide bonds. The molecule has 0 bridgehead atoms. The van der Waals surface area contributed by atoms with Crippen LogP contribution in [0, 0.1) is 15.2 Å². The number of benzene rings is 3. The fourth-order valence-corrected chi connectivity index (χ4v) is 4.31. The number of halogens is 3. The van der Waals surface area contributed by atoms with Crippen molar-refractivity contribution in [1.82, 2.24) is 5.32 Å². The zero-order valence-electron chi connectivity index (χ0n) is 15.9. The lowest BCUT2D eigenvalue weighted by molar-refractivity contribution is -0.115. The van der Waals surface area contributed by atoms with Gasteiger partial charge in [0.15, 0.2) is 5.17 Å². The third kappa shape index (κ3) is 5.71. The summed E-state index contributed by atoms with van der Waals surface area (Å²) in [5.74, 6) is -0.209. The van der Waals surface area contributed by atoms with Gasteiger partial charge >= 0.3 is 0 Å². The van der Waals surface area contributed by atoms with E-state index in [0.717, 1.165) is 14.7 Å². The van der Waals surface area contributed by atoms with Crippen molar-refractivity contribution in [2.45, 2.75) is 6.61 Å². The average Bonchev–Trinajstić information content (AvgIpc) is 3.08. The quantitative estimate of drug-likeness (QED) is 0.313. The number of thioether (sulfide) groups is 1. The highest BCUT2D eigenvalue weighted by molar-refractivity contribution is 14.1. The van der Waals surface area contributed by atoms with Gasteiger partial charge in [0.05, 0.1) is 14.2 Å². The van der Waals surface area contributed by atoms with Crippen molar-refractivity contribution in [3.63, 3.8) is 0 Å². The van der Waals surface area contributed by atoms with Crippen LogP contribution in [0.5, 0.6) is 5.75 Å². The number of hydrogen-bond acceptors (Lipinski definition) is 4. The van der Waals surface area contributed by atoms with Crippen LogP contribution in [0.3, 0.4) is 0 Å². The van der Waals surface area contributed by atoms with Gasteiger partial charge in [-0.25, -0.2) is 13.8 Å². The van der Waals surface area contributed by atoms with Gasteiger partial charge in [0, 0.05) is 0 Å². The summed E-state index contributed by atoms with van der Waals surface area (Å²) in [6.45, 7) is 0.260. The first-order valence-electron chi connectivity index (χ1n) is 9.18. The number of carbonyl (C=O) groups is 1. The van der Waals surface area contributed by atoms with E-state index in [2.05, 4.69) is 32.9 Å². The molecule has 4 rings (SSSR count). The second-order valence-corrected chi connectivity index (χ2v) is 8.76. The highest BCUT2D eigenvalue weighted by Gasteiger charge is 2.23. The van der Waals surface area contributed by atoms with Gasteiger partial charge < -0.3 is 10.1 Å². The molecule has 0 aromatic heterocycles. The van der Waals surface area contributed by atoms with Gasteiger partial charge in [-0.1, -0.05) is 18.2 Å². The normalized spacial score (nSPS) is 16.0. The number of amidine groups is 1. The van der Waals surface area contributed by atoms with Gasteiger partial charge in [0.2, 0.25) is 0 Å². The van der Waals surface area contributed by atoms with Gasteiger partial charge in [-0.05, 0) is 100 Å². The van der Waals surface area contributed by atoms with E-state index >= 15 is 0 Å². The lowest BCUT2D eigenvalue weighted by atomic mass is 10.2. The molecule has 0 aliphatic carbocycles. The third-order valence-corrected chi connectivity index (χ3v) is 6.00. The Labute approximate surface area is 195 Å². The van der Waals surface area contributed by atoms with Crippen molar-refractivity contribution in [3.05, 3.63) is 98.0 Å². The molecule has 31 heavy (non-hydrogen) atoms. The van der Waals surface area contributed by atoms with Gasteiger partial charge in [0.25, 0.3) is 5.91 Å². The van der Waals surface area contributed by atoms with E-state index in [1.54, 1.807) is 30.3 Å². The fraction of sp³-hybridized carbons (Fsp3) is 0.0435. The van der Waals surface area contributed by atoms with E-state index in [-0.39, 0.29) is 24.1 Å². The Bertz CT molecular complexity index is 1200. The summed E-state index contributed by atoms with van der Waals surface area (Å²) in [6, 6.07) is 17.6. The van der Waals surface area contributed by atoms with E-state index in [1.165, 1.54) is 36.0 Å². The average molecular weight is 548 g/mol. The van der Waals surface area contributed by atoms with Crippen molar-refractivity contribution in [2.24, 2.45) is 4.99 Å². The van der Waals surface area contributed by atoms with Gasteiger partial charge in [-0.2, -0.15) is 0 Å². The van der Waals surface area contributed by atoms with E-state index in [9.17, 15) is 13.6 Å². The smallest absolute Gasteiger partial charge is 0.264 e. The molecule has 1 aliphatic heterocycles. The van der Waals surface area contributed by atoms with Crippen molar-refractivity contribution in [3.8, 4) is 5.75 Å². The number of carbonyl (C=O) groups excluding carboxylic acids is 1.